The van der Waals surface area contributed by atoms with Crippen molar-refractivity contribution >= 4 is 5.65 Å². The van der Waals surface area contributed by atoms with E-state index in [1.807, 2.05) is 50.2 Å². The first-order chi connectivity index (χ1) is 12.5. The van der Waals surface area contributed by atoms with Gasteiger partial charge in [0.2, 0.25) is 0 Å². The number of aromatic amines is 1. The Balaban J connectivity index is 1.90. The van der Waals surface area contributed by atoms with Gasteiger partial charge < -0.3 is 0 Å². The Bertz CT molecular complexity index is 1150. The molecule has 0 aliphatic carbocycles. The second-order valence-corrected chi connectivity index (χ2v) is 6.78. The summed E-state index contributed by atoms with van der Waals surface area (Å²) in [6.45, 7) is 5.96. The summed E-state index contributed by atoms with van der Waals surface area (Å²) >= 11 is 0. The second kappa shape index (κ2) is 6.30. The van der Waals surface area contributed by atoms with Gasteiger partial charge in [0.1, 0.15) is 0 Å². The van der Waals surface area contributed by atoms with E-state index in [0.29, 0.717) is 12.1 Å². The van der Waals surface area contributed by atoms with E-state index in [-0.39, 0.29) is 5.56 Å². The van der Waals surface area contributed by atoms with Crippen LogP contribution in [0.3, 0.4) is 0 Å². The molecule has 130 valence electrons. The number of benzene rings is 2. The van der Waals surface area contributed by atoms with Crippen molar-refractivity contribution in [3.05, 3.63) is 93.0 Å². The maximum atomic E-state index is 13.1. The van der Waals surface area contributed by atoms with E-state index in [1.165, 1.54) is 5.56 Å². The summed E-state index contributed by atoms with van der Waals surface area (Å²) in [6.07, 6.45) is 0.584. The first kappa shape index (κ1) is 16.3. The SMILES string of the molecule is Cc1cccc(Cc2c(C)nc3c(-c4ccccc4)c(C)[nH]n3c2=O)c1. The van der Waals surface area contributed by atoms with Crippen LogP contribution >= 0.6 is 0 Å². The van der Waals surface area contributed by atoms with E-state index in [2.05, 4.69) is 30.2 Å². The lowest BCUT2D eigenvalue weighted by molar-refractivity contribution is 0.847. The van der Waals surface area contributed by atoms with Gasteiger partial charge in [0.05, 0.1) is 0 Å². The molecular weight excluding hydrogens is 322 g/mol. The largest absolute Gasteiger partial charge is 0.293 e. The first-order valence-corrected chi connectivity index (χ1v) is 8.76. The lowest BCUT2D eigenvalue weighted by atomic mass is 10.0. The fourth-order valence-corrected chi connectivity index (χ4v) is 3.51. The molecule has 0 bridgehead atoms. The summed E-state index contributed by atoms with van der Waals surface area (Å²) < 4.78 is 1.58. The quantitative estimate of drug-likeness (QED) is 0.606. The summed E-state index contributed by atoms with van der Waals surface area (Å²) in [5.74, 6) is 0. The molecule has 0 atom stereocenters. The number of H-pyrrole nitrogens is 1. The molecule has 0 fully saturated rings. The van der Waals surface area contributed by atoms with Gasteiger partial charge in [-0.1, -0.05) is 60.2 Å². The van der Waals surface area contributed by atoms with E-state index in [4.69, 9.17) is 4.98 Å². The Kier molecular flexibility index (Phi) is 3.96. The van der Waals surface area contributed by atoms with Crippen molar-refractivity contribution in [2.24, 2.45) is 0 Å². The third kappa shape index (κ3) is 2.73. The first-order valence-electron chi connectivity index (χ1n) is 8.76. The van der Waals surface area contributed by atoms with Crippen molar-refractivity contribution < 1.29 is 0 Å². The standard InChI is InChI=1S/C22H21N3O/c1-14-8-7-9-17(12-14)13-19-15(2)23-21-20(18-10-5-4-6-11-18)16(3)24-25(21)22(19)26/h4-12,24H,13H2,1-3H3. The highest BCUT2D eigenvalue weighted by Gasteiger charge is 2.17. The minimum atomic E-state index is -0.0284. The van der Waals surface area contributed by atoms with E-state index >= 15 is 0 Å². The molecule has 2 aromatic heterocycles. The summed E-state index contributed by atoms with van der Waals surface area (Å²) in [5.41, 5.74) is 7.46. The predicted octanol–water partition coefficient (Wildman–Crippen LogP) is 4.21. The summed E-state index contributed by atoms with van der Waals surface area (Å²) in [6, 6.07) is 18.3. The predicted molar refractivity (Wildman–Crippen MR) is 105 cm³/mol. The lowest BCUT2D eigenvalue weighted by Gasteiger charge is -2.07. The molecule has 2 heterocycles. The molecule has 0 radical (unpaired) electrons. The number of hydrogen-bond acceptors (Lipinski definition) is 2. The van der Waals surface area contributed by atoms with Gasteiger partial charge in [-0.25, -0.2) is 9.50 Å². The molecule has 0 saturated carbocycles. The third-order valence-electron chi connectivity index (χ3n) is 4.79. The molecule has 0 unspecified atom stereocenters. The molecule has 4 rings (SSSR count). The van der Waals surface area contributed by atoms with Gasteiger partial charge in [0.15, 0.2) is 5.65 Å². The van der Waals surface area contributed by atoms with E-state index in [0.717, 1.165) is 33.6 Å². The van der Waals surface area contributed by atoms with E-state index < -0.39 is 0 Å². The van der Waals surface area contributed by atoms with Gasteiger partial charge in [0, 0.05) is 28.9 Å². The lowest BCUT2D eigenvalue weighted by Crippen LogP contribution is -2.22. The van der Waals surface area contributed by atoms with Crippen molar-refractivity contribution in [3.8, 4) is 11.1 Å². The maximum absolute atomic E-state index is 13.1. The van der Waals surface area contributed by atoms with Crippen molar-refractivity contribution in [1.82, 2.24) is 14.6 Å². The monoisotopic (exact) mass is 343 g/mol. The van der Waals surface area contributed by atoms with Crippen LogP contribution in [0, 0.1) is 20.8 Å². The topological polar surface area (TPSA) is 50.2 Å². The zero-order valence-electron chi connectivity index (χ0n) is 15.2. The highest BCUT2D eigenvalue weighted by molar-refractivity contribution is 5.79. The van der Waals surface area contributed by atoms with Crippen LogP contribution in [0.1, 0.15) is 28.1 Å². The summed E-state index contributed by atoms with van der Waals surface area (Å²) in [7, 11) is 0. The van der Waals surface area contributed by atoms with Crippen molar-refractivity contribution in [2.45, 2.75) is 27.2 Å². The zero-order valence-corrected chi connectivity index (χ0v) is 15.2. The van der Waals surface area contributed by atoms with Crippen LogP contribution in [-0.2, 0) is 6.42 Å². The van der Waals surface area contributed by atoms with Gasteiger partial charge in [0.25, 0.3) is 5.56 Å². The van der Waals surface area contributed by atoms with Gasteiger partial charge in [-0.05, 0) is 31.9 Å². The third-order valence-corrected chi connectivity index (χ3v) is 4.79. The molecule has 0 aliphatic rings. The van der Waals surface area contributed by atoms with Crippen molar-refractivity contribution in [3.63, 3.8) is 0 Å². The number of hydrogen-bond donors (Lipinski definition) is 1. The smallest absolute Gasteiger partial charge is 0.276 e. The minimum absolute atomic E-state index is 0.0284. The van der Waals surface area contributed by atoms with Gasteiger partial charge in [-0.2, -0.15) is 0 Å². The Labute approximate surface area is 152 Å². The van der Waals surface area contributed by atoms with Crippen LogP contribution in [0.5, 0.6) is 0 Å². The van der Waals surface area contributed by atoms with Crippen LogP contribution in [-0.4, -0.2) is 14.6 Å². The number of rotatable bonds is 3. The molecule has 0 saturated heterocycles. The van der Waals surface area contributed by atoms with Gasteiger partial charge >= 0.3 is 0 Å². The van der Waals surface area contributed by atoms with Crippen molar-refractivity contribution in [1.29, 1.82) is 0 Å². The van der Waals surface area contributed by atoms with Crippen LogP contribution in [0.4, 0.5) is 0 Å². The molecule has 0 amide bonds. The van der Waals surface area contributed by atoms with Crippen LogP contribution in [0.15, 0.2) is 59.4 Å². The highest BCUT2D eigenvalue weighted by atomic mass is 16.1. The van der Waals surface area contributed by atoms with Gasteiger partial charge in [-0.3, -0.25) is 9.89 Å². The number of aryl methyl sites for hydroxylation is 3. The number of fused-ring (bicyclic) bond motifs is 1. The molecular formula is C22H21N3O. The maximum Gasteiger partial charge on any atom is 0.276 e. The molecule has 4 nitrogen and oxygen atoms in total. The van der Waals surface area contributed by atoms with E-state index in [1.54, 1.807) is 4.52 Å². The Morgan fingerprint density at radius 3 is 2.50 bits per heavy atom. The fourth-order valence-electron chi connectivity index (χ4n) is 3.51. The second-order valence-electron chi connectivity index (χ2n) is 6.78. The van der Waals surface area contributed by atoms with Crippen LogP contribution in [0.2, 0.25) is 0 Å². The number of nitrogens with zero attached hydrogens (tertiary/aromatic N) is 2. The van der Waals surface area contributed by atoms with Crippen molar-refractivity contribution in [2.75, 3.05) is 0 Å². The molecule has 26 heavy (non-hydrogen) atoms. The molecule has 4 aromatic rings. The Hall–Kier alpha value is -3.14. The summed E-state index contributed by atoms with van der Waals surface area (Å²) in [5, 5.41) is 3.20. The van der Waals surface area contributed by atoms with Crippen LogP contribution in [0.25, 0.3) is 16.8 Å². The number of nitrogens with one attached hydrogen (secondary N) is 1. The normalized spacial score (nSPS) is 11.2. The molecule has 2 aromatic carbocycles. The molecule has 0 aliphatic heterocycles. The molecule has 1 N–H and O–H groups in total. The highest BCUT2D eigenvalue weighted by Crippen LogP contribution is 2.26. The minimum Gasteiger partial charge on any atom is -0.293 e. The average molecular weight is 343 g/mol. The Morgan fingerprint density at radius 2 is 1.77 bits per heavy atom. The van der Waals surface area contributed by atoms with E-state index in [9.17, 15) is 4.79 Å². The van der Waals surface area contributed by atoms with Gasteiger partial charge in [-0.15, -0.1) is 0 Å². The zero-order chi connectivity index (χ0) is 18.3. The number of aromatic nitrogens is 3. The Morgan fingerprint density at radius 1 is 1.00 bits per heavy atom. The average Bonchev–Trinajstić information content (AvgIpc) is 2.95. The summed E-state index contributed by atoms with van der Waals surface area (Å²) in [4.78, 5) is 17.9. The molecule has 4 heteroatoms. The fraction of sp³-hybridized carbons (Fsp3) is 0.182. The molecule has 0 spiro atoms. The van der Waals surface area contributed by atoms with Crippen LogP contribution < -0.4 is 5.56 Å².